The number of aromatic nitrogens is 1. The molecule has 1 saturated heterocycles. The summed E-state index contributed by atoms with van der Waals surface area (Å²) in [5.41, 5.74) is 0.924. The van der Waals surface area contributed by atoms with E-state index in [-0.39, 0.29) is 30.9 Å². The number of nitrogens with one attached hydrogen (secondary N) is 1. The molecule has 1 fully saturated rings. The van der Waals surface area contributed by atoms with Crippen molar-refractivity contribution in [2.75, 3.05) is 26.2 Å². The molecule has 8 heteroatoms. The zero-order valence-corrected chi connectivity index (χ0v) is 14.4. The van der Waals surface area contributed by atoms with Crippen molar-refractivity contribution in [1.82, 2.24) is 15.4 Å². The van der Waals surface area contributed by atoms with Gasteiger partial charge in [0.15, 0.2) is 11.5 Å². The van der Waals surface area contributed by atoms with Gasteiger partial charge >= 0.3 is 0 Å². The minimum atomic E-state index is -0.482. The lowest BCUT2D eigenvalue weighted by Crippen LogP contribution is -2.52. The van der Waals surface area contributed by atoms with Gasteiger partial charge in [0.05, 0.1) is 25.4 Å². The first-order valence-corrected chi connectivity index (χ1v) is 8.41. The molecule has 0 radical (unpaired) electrons. The lowest BCUT2D eigenvalue weighted by molar-refractivity contribution is -0.146. The predicted molar refractivity (Wildman–Crippen MR) is 92.3 cm³/mol. The van der Waals surface area contributed by atoms with E-state index in [9.17, 15) is 14.7 Å². The fraction of sp³-hybridized carbons (Fsp3) is 0.389. The highest BCUT2D eigenvalue weighted by Crippen LogP contribution is 2.19. The largest absolute Gasteiger partial charge is 0.394 e. The molecule has 2 amide bonds. The van der Waals surface area contributed by atoms with Crippen LogP contribution in [0.15, 0.2) is 40.9 Å². The van der Waals surface area contributed by atoms with E-state index in [2.05, 4.69) is 10.5 Å². The molecule has 3 rings (SSSR count). The maximum atomic E-state index is 12.3. The van der Waals surface area contributed by atoms with E-state index >= 15 is 0 Å². The zero-order valence-electron chi connectivity index (χ0n) is 14.4. The van der Waals surface area contributed by atoms with Gasteiger partial charge in [0.2, 0.25) is 5.91 Å². The summed E-state index contributed by atoms with van der Waals surface area (Å²) >= 11 is 0. The lowest BCUT2D eigenvalue weighted by Gasteiger charge is -2.36. The fourth-order valence-corrected chi connectivity index (χ4v) is 2.83. The van der Waals surface area contributed by atoms with Crippen LogP contribution in [0.2, 0.25) is 0 Å². The lowest BCUT2D eigenvalue weighted by atomic mass is 10.1. The molecular formula is C18H21N3O5. The Morgan fingerprint density at radius 2 is 2.08 bits per heavy atom. The number of morpholine rings is 1. The second kappa shape index (κ2) is 8.11. The molecule has 0 spiro atoms. The minimum Gasteiger partial charge on any atom is -0.394 e. The summed E-state index contributed by atoms with van der Waals surface area (Å²) < 4.78 is 10.7. The minimum absolute atomic E-state index is 0.111. The van der Waals surface area contributed by atoms with Crippen LogP contribution in [0, 0.1) is 0 Å². The van der Waals surface area contributed by atoms with Crippen LogP contribution in [0.1, 0.15) is 17.4 Å². The van der Waals surface area contributed by atoms with Gasteiger partial charge in [0.25, 0.3) is 5.91 Å². The number of carbonyl (C=O) groups is 2. The van der Waals surface area contributed by atoms with Crippen LogP contribution in [-0.2, 0) is 9.53 Å². The first-order valence-electron chi connectivity index (χ1n) is 8.41. The Morgan fingerprint density at radius 1 is 1.31 bits per heavy atom. The molecule has 2 N–H and O–H groups in total. The number of benzene rings is 1. The zero-order chi connectivity index (χ0) is 18.5. The summed E-state index contributed by atoms with van der Waals surface area (Å²) in [6.45, 7) is 2.26. The first kappa shape index (κ1) is 18.1. The van der Waals surface area contributed by atoms with Gasteiger partial charge < -0.3 is 24.6 Å². The van der Waals surface area contributed by atoms with Gasteiger partial charge in [-0.2, -0.15) is 0 Å². The second-order valence-corrected chi connectivity index (χ2v) is 6.18. The van der Waals surface area contributed by atoms with Crippen LogP contribution in [0.25, 0.3) is 11.3 Å². The fourth-order valence-electron chi connectivity index (χ4n) is 2.83. The summed E-state index contributed by atoms with van der Waals surface area (Å²) in [6.07, 6.45) is -0.563. The monoisotopic (exact) mass is 359 g/mol. The molecule has 0 unspecified atom stereocenters. The third-order valence-corrected chi connectivity index (χ3v) is 4.08. The Balaban J connectivity index is 1.55. The van der Waals surface area contributed by atoms with E-state index < -0.39 is 12.0 Å². The van der Waals surface area contributed by atoms with Crippen LogP contribution in [-0.4, -0.2) is 65.4 Å². The van der Waals surface area contributed by atoms with Crippen molar-refractivity contribution < 1.29 is 24.0 Å². The Kier molecular flexibility index (Phi) is 5.65. The van der Waals surface area contributed by atoms with Gasteiger partial charge in [-0.05, 0) is 6.92 Å². The normalized spacial score (nSPS) is 20.0. The molecule has 1 aromatic heterocycles. The molecule has 8 nitrogen and oxygen atoms in total. The number of aliphatic hydroxyl groups is 1. The molecule has 1 aliphatic rings. The number of ether oxygens (including phenoxy) is 1. The summed E-state index contributed by atoms with van der Waals surface area (Å²) in [6, 6.07) is 10.8. The van der Waals surface area contributed by atoms with Crippen molar-refractivity contribution in [3.63, 3.8) is 0 Å². The smallest absolute Gasteiger partial charge is 0.273 e. The molecule has 1 aliphatic heterocycles. The second-order valence-electron chi connectivity index (χ2n) is 6.18. The number of amides is 2. The first-order chi connectivity index (χ1) is 12.6. The average Bonchev–Trinajstić information content (AvgIpc) is 3.16. The van der Waals surface area contributed by atoms with Gasteiger partial charge in [-0.25, -0.2) is 0 Å². The Morgan fingerprint density at radius 3 is 2.81 bits per heavy atom. The molecule has 0 bridgehead atoms. The molecule has 2 atom stereocenters. The van der Waals surface area contributed by atoms with E-state index in [4.69, 9.17) is 9.26 Å². The summed E-state index contributed by atoms with van der Waals surface area (Å²) in [5.74, 6) is -0.238. The van der Waals surface area contributed by atoms with Crippen LogP contribution < -0.4 is 5.32 Å². The SMILES string of the molecule is C[C@H]1CN(C(=O)CNC(=O)c2cc(-c3ccccc3)on2)C[C@H](CO)O1. The molecule has 138 valence electrons. The molecule has 0 saturated carbocycles. The maximum absolute atomic E-state index is 12.3. The Labute approximate surface area is 150 Å². The molecule has 0 aliphatic carbocycles. The number of aliphatic hydroxyl groups excluding tert-OH is 1. The molecule has 26 heavy (non-hydrogen) atoms. The maximum Gasteiger partial charge on any atom is 0.273 e. The van der Waals surface area contributed by atoms with E-state index in [0.29, 0.717) is 18.8 Å². The number of hydrogen-bond acceptors (Lipinski definition) is 6. The molecule has 1 aromatic carbocycles. The van der Waals surface area contributed by atoms with E-state index in [1.807, 2.05) is 37.3 Å². The topological polar surface area (TPSA) is 105 Å². The van der Waals surface area contributed by atoms with Crippen molar-refractivity contribution in [2.45, 2.75) is 19.1 Å². The summed E-state index contributed by atoms with van der Waals surface area (Å²) in [5, 5.41) is 15.5. The van der Waals surface area contributed by atoms with Gasteiger partial charge in [-0.1, -0.05) is 35.5 Å². The third kappa shape index (κ3) is 4.27. The van der Waals surface area contributed by atoms with Crippen LogP contribution >= 0.6 is 0 Å². The summed E-state index contributed by atoms with van der Waals surface area (Å²) in [4.78, 5) is 26.1. The van der Waals surface area contributed by atoms with Gasteiger partial charge in [0, 0.05) is 24.7 Å². The van der Waals surface area contributed by atoms with E-state index in [1.165, 1.54) is 6.07 Å². The standard InChI is InChI=1S/C18H21N3O5/c1-12-9-21(10-14(11-22)25-12)17(23)8-19-18(24)15-7-16(26-20-15)13-5-3-2-4-6-13/h2-7,12,14,22H,8-11H2,1H3,(H,19,24)/t12-,14+/m0/s1. The van der Waals surface area contributed by atoms with Crippen molar-refractivity contribution in [3.05, 3.63) is 42.1 Å². The molecule has 2 heterocycles. The quantitative estimate of drug-likeness (QED) is 0.813. The van der Waals surface area contributed by atoms with Crippen molar-refractivity contribution >= 4 is 11.8 Å². The number of carbonyl (C=O) groups excluding carboxylic acids is 2. The van der Waals surface area contributed by atoms with E-state index in [1.54, 1.807) is 4.90 Å². The van der Waals surface area contributed by atoms with Gasteiger partial charge in [-0.15, -0.1) is 0 Å². The van der Waals surface area contributed by atoms with Gasteiger partial charge in [0.1, 0.15) is 0 Å². The highest BCUT2D eigenvalue weighted by Gasteiger charge is 2.28. The van der Waals surface area contributed by atoms with Crippen molar-refractivity contribution in [3.8, 4) is 11.3 Å². The number of hydrogen-bond donors (Lipinski definition) is 2. The number of rotatable bonds is 5. The third-order valence-electron chi connectivity index (χ3n) is 4.08. The highest BCUT2D eigenvalue weighted by molar-refractivity contribution is 5.95. The van der Waals surface area contributed by atoms with Crippen LogP contribution in [0.3, 0.4) is 0 Å². The van der Waals surface area contributed by atoms with Gasteiger partial charge in [-0.3, -0.25) is 9.59 Å². The predicted octanol–water partition coefficient (Wildman–Crippen LogP) is 0.680. The van der Waals surface area contributed by atoms with Crippen LogP contribution in [0.5, 0.6) is 0 Å². The van der Waals surface area contributed by atoms with Crippen molar-refractivity contribution in [1.29, 1.82) is 0 Å². The molecular weight excluding hydrogens is 338 g/mol. The Bertz CT molecular complexity index is 761. The molecule has 2 aromatic rings. The average molecular weight is 359 g/mol. The van der Waals surface area contributed by atoms with E-state index in [0.717, 1.165) is 5.56 Å². The highest BCUT2D eigenvalue weighted by atomic mass is 16.5. The van der Waals surface area contributed by atoms with Crippen molar-refractivity contribution in [2.24, 2.45) is 0 Å². The Hall–Kier alpha value is -2.71. The number of nitrogens with zero attached hydrogens (tertiary/aromatic N) is 2. The summed E-state index contributed by atoms with van der Waals surface area (Å²) in [7, 11) is 0. The van der Waals surface area contributed by atoms with Crippen LogP contribution in [0.4, 0.5) is 0 Å².